The van der Waals surface area contributed by atoms with Crippen LogP contribution in [0, 0.1) is 0 Å². The van der Waals surface area contributed by atoms with Crippen molar-refractivity contribution >= 4 is 0 Å². The van der Waals surface area contributed by atoms with Crippen LogP contribution in [0.3, 0.4) is 0 Å². The van der Waals surface area contributed by atoms with Crippen molar-refractivity contribution in [2.45, 2.75) is 44.5 Å². The summed E-state index contributed by atoms with van der Waals surface area (Å²) in [6.07, 6.45) is 3.43. The van der Waals surface area contributed by atoms with Gasteiger partial charge in [-0.1, -0.05) is 48.9 Å². The summed E-state index contributed by atoms with van der Waals surface area (Å²) in [5, 5.41) is 10.6. The van der Waals surface area contributed by atoms with E-state index in [0.29, 0.717) is 13.2 Å². The molecule has 1 aliphatic heterocycles. The van der Waals surface area contributed by atoms with Crippen molar-refractivity contribution in [1.29, 1.82) is 0 Å². The second kappa shape index (κ2) is 5.28. The van der Waals surface area contributed by atoms with E-state index < -0.39 is 6.10 Å². The van der Waals surface area contributed by atoms with Gasteiger partial charge in [0.1, 0.15) is 6.10 Å². The van der Waals surface area contributed by atoms with Crippen LogP contribution in [0.1, 0.15) is 59.1 Å². The van der Waals surface area contributed by atoms with Crippen LogP contribution in [0.4, 0.5) is 0 Å². The van der Waals surface area contributed by atoms with Gasteiger partial charge in [0, 0.05) is 0 Å². The molecule has 0 radical (unpaired) electrons. The van der Waals surface area contributed by atoms with Crippen molar-refractivity contribution in [2.75, 3.05) is 0 Å². The van der Waals surface area contributed by atoms with Gasteiger partial charge < -0.3 is 9.84 Å². The maximum atomic E-state index is 10.6. The van der Waals surface area contributed by atoms with Gasteiger partial charge in [-0.05, 0) is 46.6 Å². The molecule has 0 saturated heterocycles. The predicted octanol–water partition coefficient (Wildman–Crippen LogP) is 4.07. The first kappa shape index (κ1) is 13.1. The molecule has 0 amide bonds. The third kappa shape index (κ3) is 2.39. The van der Waals surface area contributed by atoms with E-state index in [-0.39, 0.29) is 0 Å². The van der Waals surface area contributed by atoms with E-state index in [4.69, 9.17) is 4.74 Å². The first-order chi connectivity index (χ1) is 10.3. The molecule has 1 unspecified atom stereocenters. The molecular weight excluding hydrogens is 260 g/mol. The zero-order valence-corrected chi connectivity index (χ0v) is 12.1. The Morgan fingerprint density at radius 1 is 0.905 bits per heavy atom. The van der Waals surface area contributed by atoms with Crippen LogP contribution in [0.15, 0.2) is 42.5 Å². The molecule has 2 aromatic rings. The summed E-state index contributed by atoms with van der Waals surface area (Å²) in [4.78, 5) is 0. The number of hydrogen-bond acceptors (Lipinski definition) is 2. The Bertz CT molecular complexity index is 641. The summed E-state index contributed by atoms with van der Waals surface area (Å²) in [5.74, 6) is 0.744. The minimum atomic E-state index is -0.550. The number of rotatable bonds is 3. The predicted molar refractivity (Wildman–Crippen MR) is 82.0 cm³/mol. The summed E-state index contributed by atoms with van der Waals surface area (Å²) in [6, 6.07) is 14.7. The lowest BCUT2D eigenvalue weighted by Crippen LogP contribution is -2.09. The number of aliphatic hydroxyl groups is 1. The van der Waals surface area contributed by atoms with E-state index in [9.17, 15) is 5.11 Å². The highest BCUT2D eigenvalue weighted by Crippen LogP contribution is 2.37. The lowest BCUT2D eigenvalue weighted by Gasteiger charge is -2.26. The Labute approximate surface area is 125 Å². The van der Waals surface area contributed by atoms with Crippen LogP contribution in [0.2, 0.25) is 0 Å². The molecular formula is C19H20O2. The minimum absolute atomic E-state index is 0.550. The van der Waals surface area contributed by atoms with Gasteiger partial charge >= 0.3 is 0 Å². The average Bonchev–Trinajstić information content (AvgIpc) is 2.93. The first-order valence-corrected chi connectivity index (χ1v) is 7.78. The zero-order valence-electron chi connectivity index (χ0n) is 12.1. The zero-order chi connectivity index (χ0) is 14.2. The topological polar surface area (TPSA) is 29.5 Å². The fourth-order valence-electron chi connectivity index (χ4n) is 3.25. The van der Waals surface area contributed by atoms with Crippen LogP contribution in [-0.4, -0.2) is 5.11 Å². The van der Waals surface area contributed by atoms with Crippen molar-refractivity contribution in [1.82, 2.24) is 0 Å². The summed E-state index contributed by atoms with van der Waals surface area (Å²) < 4.78 is 5.43. The normalized spacial score (nSPS) is 19.1. The maximum Gasteiger partial charge on any atom is 0.104 e. The van der Waals surface area contributed by atoms with E-state index >= 15 is 0 Å². The van der Waals surface area contributed by atoms with Gasteiger partial charge in [0.2, 0.25) is 0 Å². The van der Waals surface area contributed by atoms with Gasteiger partial charge in [0.25, 0.3) is 0 Å². The molecule has 0 aromatic heterocycles. The van der Waals surface area contributed by atoms with E-state index in [1.807, 2.05) is 6.07 Å². The van der Waals surface area contributed by atoms with Gasteiger partial charge in [0.15, 0.2) is 0 Å². The lowest BCUT2D eigenvalue weighted by molar-refractivity contribution is 0.134. The largest absolute Gasteiger partial charge is 0.384 e. The molecule has 2 aliphatic rings. The first-order valence-electron chi connectivity index (χ1n) is 7.78. The molecule has 1 atom stereocenters. The molecule has 2 aromatic carbocycles. The number of ether oxygens (including phenoxy) is 1. The Hall–Kier alpha value is -1.64. The van der Waals surface area contributed by atoms with E-state index in [2.05, 4.69) is 36.4 Å². The third-order valence-corrected chi connectivity index (χ3v) is 4.89. The van der Waals surface area contributed by atoms with Crippen molar-refractivity contribution in [2.24, 2.45) is 0 Å². The van der Waals surface area contributed by atoms with Crippen LogP contribution >= 0.6 is 0 Å². The van der Waals surface area contributed by atoms with Crippen LogP contribution in [-0.2, 0) is 18.0 Å². The Balaban J connectivity index is 1.57. The second-order valence-electron chi connectivity index (χ2n) is 6.22. The van der Waals surface area contributed by atoms with Gasteiger partial charge in [-0.15, -0.1) is 0 Å². The monoisotopic (exact) mass is 280 g/mol. The molecule has 1 heterocycles. The molecule has 1 N–H and O–H groups in total. The smallest absolute Gasteiger partial charge is 0.104 e. The molecule has 2 nitrogen and oxygen atoms in total. The second-order valence-corrected chi connectivity index (χ2v) is 6.22. The summed E-state index contributed by atoms with van der Waals surface area (Å²) in [6.45, 7) is 1.36. The van der Waals surface area contributed by atoms with Crippen LogP contribution in [0.5, 0.6) is 0 Å². The number of benzene rings is 2. The lowest BCUT2D eigenvalue weighted by atomic mass is 9.80. The molecule has 0 spiro atoms. The molecule has 1 fully saturated rings. The van der Waals surface area contributed by atoms with Gasteiger partial charge in [-0.3, -0.25) is 0 Å². The fraction of sp³-hybridized carbons (Fsp3) is 0.368. The highest BCUT2D eigenvalue weighted by Gasteiger charge is 2.20. The molecule has 1 aliphatic carbocycles. The maximum absolute atomic E-state index is 10.6. The van der Waals surface area contributed by atoms with Crippen molar-refractivity contribution < 1.29 is 9.84 Å². The van der Waals surface area contributed by atoms with Crippen LogP contribution < -0.4 is 0 Å². The van der Waals surface area contributed by atoms with Crippen molar-refractivity contribution in [3.63, 3.8) is 0 Å². The summed E-state index contributed by atoms with van der Waals surface area (Å²) >= 11 is 0. The Kier molecular flexibility index (Phi) is 3.28. The molecule has 4 rings (SSSR count). The van der Waals surface area contributed by atoms with E-state index in [0.717, 1.165) is 17.0 Å². The van der Waals surface area contributed by atoms with E-state index in [1.54, 1.807) is 0 Å². The third-order valence-electron chi connectivity index (χ3n) is 4.89. The molecule has 108 valence electrons. The van der Waals surface area contributed by atoms with Gasteiger partial charge in [0.05, 0.1) is 13.2 Å². The SMILES string of the molecule is OC(c1ccc(C2CCC2)cc1)c1ccc2c(c1)COC2. The fourth-order valence-corrected chi connectivity index (χ4v) is 3.25. The highest BCUT2D eigenvalue weighted by atomic mass is 16.5. The Morgan fingerprint density at radius 3 is 2.33 bits per heavy atom. The molecule has 0 bridgehead atoms. The van der Waals surface area contributed by atoms with Crippen molar-refractivity contribution in [3.8, 4) is 0 Å². The standard InChI is InChI=1S/C19H20O2/c20-19(16-8-9-17-11-21-12-18(17)10-16)15-6-4-14(5-7-15)13-2-1-3-13/h4-10,13,19-20H,1-3,11-12H2. The highest BCUT2D eigenvalue weighted by molar-refractivity contribution is 5.38. The molecule has 1 saturated carbocycles. The quantitative estimate of drug-likeness (QED) is 0.918. The van der Waals surface area contributed by atoms with E-state index in [1.165, 1.54) is 36.0 Å². The number of hydrogen-bond donors (Lipinski definition) is 1. The van der Waals surface area contributed by atoms with Gasteiger partial charge in [-0.25, -0.2) is 0 Å². The van der Waals surface area contributed by atoms with Crippen LogP contribution in [0.25, 0.3) is 0 Å². The summed E-state index contributed by atoms with van der Waals surface area (Å²) in [5.41, 5.74) is 5.79. The molecule has 2 heteroatoms. The number of aliphatic hydroxyl groups excluding tert-OH is 1. The molecule has 21 heavy (non-hydrogen) atoms. The van der Waals surface area contributed by atoms with Gasteiger partial charge in [-0.2, -0.15) is 0 Å². The number of fused-ring (bicyclic) bond motifs is 1. The average molecular weight is 280 g/mol. The Morgan fingerprint density at radius 2 is 1.62 bits per heavy atom. The minimum Gasteiger partial charge on any atom is -0.384 e. The summed E-state index contributed by atoms with van der Waals surface area (Å²) in [7, 11) is 0. The van der Waals surface area contributed by atoms with Crippen molar-refractivity contribution in [3.05, 3.63) is 70.3 Å².